The number of thiophene rings is 1. The molecule has 36 heavy (non-hydrogen) atoms. The Morgan fingerprint density at radius 1 is 1.25 bits per heavy atom. The molecule has 0 aromatic carbocycles. The first-order chi connectivity index (χ1) is 17.0. The molecule has 196 valence electrons. The molecule has 2 aromatic rings. The Hall–Kier alpha value is -3.00. The van der Waals surface area contributed by atoms with E-state index in [1.165, 1.54) is 29.1 Å². The van der Waals surface area contributed by atoms with E-state index < -0.39 is 28.8 Å². The number of hydrogen-bond acceptors (Lipinski definition) is 7. The lowest BCUT2D eigenvalue weighted by Gasteiger charge is -2.30. The zero-order valence-corrected chi connectivity index (χ0v) is 22.7. The smallest absolute Gasteiger partial charge is 0.432 e. The Labute approximate surface area is 216 Å². The van der Waals surface area contributed by atoms with Crippen LogP contribution in [0.3, 0.4) is 0 Å². The molecule has 0 aliphatic rings. The van der Waals surface area contributed by atoms with E-state index in [0.29, 0.717) is 31.4 Å². The van der Waals surface area contributed by atoms with E-state index in [0.717, 1.165) is 12.8 Å². The second kappa shape index (κ2) is 13.3. The van der Waals surface area contributed by atoms with Crippen molar-refractivity contribution in [1.82, 2.24) is 0 Å². The van der Waals surface area contributed by atoms with Crippen LogP contribution in [-0.4, -0.2) is 30.3 Å². The van der Waals surface area contributed by atoms with Crippen molar-refractivity contribution >= 4 is 29.4 Å². The van der Waals surface area contributed by atoms with Gasteiger partial charge in [-0.25, -0.2) is 9.59 Å². The van der Waals surface area contributed by atoms with Crippen LogP contribution in [-0.2, 0) is 17.6 Å². The number of rotatable bonds is 13. The summed E-state index contributed by atoms with van der Waals surface area (Å²) in [4.78, 5) is 43.1. The van der Waals surface area contributed by atoms with Crippen molar-refractivity contribution in [2.45, 2.75) is 72.1 Å². The topological polar surface area (TPSA) is 106 Å². The van der Waals surface area contributed by atoms with Crippen molar-refractivity contribution < 1.29 is 23.8 Å². The fourth-order valence-corrected chi connectivity index (χ4v) is 5.16. The average Bonchev–Trinajstić information content (AvgIpc) is 3.27. The Balaban J connectivity index is 2.08. The minimum Gasteiger partial charge on any atom is -0.507 e. The molecule has 0 aliphatic heterocycles. The van der Waals surface area contributed by atoms with Crippen LogP contribution in [0.2, 0.25) is 0 Å². The molecule has 2 unspecified atom stereocenters. The van der Waals surface area contributed by atoms with Crippen LogP contribution in [0.1, 0.15) is 85.2 Å². The summed E-state index contributed by atoms with van der Waals surface area (Å²) in [5.74, 6) is -1.13. The summed E-state index contributed by atoms with van der Waals surface area (Å²) in [5.41, 5.74) is -1.55. The van der Waals surface area contributed by atoms with E-state index >= 15 is 0 Å². The van der Waals surface area contributed by atoms with Gasteiger partial charge in [-0.05, 0) is 56.1 Å². The molecule has 2 atom stereocenters. The summed E-state index contributed by atoms with van der Waals surface area (Å²) in [6.45, 7) is 11.4. The summed E-state index contributed by atoms with van der Waals surface area (Å²) in [7, 11) is 1.26. The van der Waals surface area contributed by atoms with Gasteiger partial charge in [-0.15, -0.1) is 17.9 Å². The maximum atomic E-state index is 13.3. The molecular formula is C28H37NO6S. The number of aromatic hydroxyl groups is 1. The number of Topliss-reactive ketones (excluding diaryl/α,β-unsaturated/α-hetero) is 1. The number of aryl methyl sites for hydroxylation is 1. The standard InChI is InChI=1S/C28H37NO6S/c1-7-8-12-20-13-14-21(36-20)17-28(4,5)19(3)25(31)24-22(30)16-23(35-26(24)32)18(2)11-9-10-15-29-27(33)34-6/h7,13-16,18-19,30H,1,8-12,17H2,2-6H3. The first-order valence-electron chi connectivity index (χ1n) is 12.2. The van der Waals surface area contributed by atoms with E-state index in [-0.39, 0.29) is 17.2 Å². The fraction of sp³-hybridized carbons (Fsp3) is 0.500. The van der Waals surface area contributed by atoms with Gasteiger partial charge in [0.2, 0.25) is 0 Å². The highest BCUT2D eigenvalue weighted by Crippen LogP contribution is 2.36. The van der Waals surface area contributed by atoms with Gasteiger partial charge in [0.15, 0.2) is 5.78 Å². The molecule has 0 radical (unpaired) electrons. The summed E-state index contributed by atoms with van der Waals surface area (Å²) in [6, 6.07) is 5.57. The van der Waals surface area contributed by atoms with Crippen molar-refractivity contribution in [3.63, 3.8) is 0 Å². The van der Waals surface area contributed by atoms with Crippen molar-refractivity contribution in [3.8, 4) is 5.75 Å². The highest BCUT2D eigenvalue weighted by atomic mass is 32.1. The van der Waals surface area contributed by atoms with Gasteiger partial charge in [-0.2, -0.15) is 4.99 Å². The summed E-state index contributed by atoms with van der Waals surface area (Å²) < 4.78 is 9.90. The number of hydrogen-bond donors (Lipinski definition) is 1. The number of carbonyl (C=O) groups is 2. The number of amides is 1. The second-order valence-electron chi connectivity index (χ2n) is 9.76. The second-order valence-corrected chi connectivity index (χ2v) is 11.0. The van der Waals surface area contributed by atoms with E-state index in [2.05, 4.69) is 28.4 Å². The lowest BCUT2D eigenvalue weighted by Crippen LogP contribution is -2.33. The first kappa shape index (κ1) is 29.2. The highest BCUT2D eigenvalue weighted by Gasteiger charge is 2.35. The van der Waals surface area contributed by atoms with Crippen LogP contribution in [0.5, 0.6) is 5.75 Å². The van der Waals surface area contributed by atoms with Crippen molar-refractivity contribution in [2.75, 3.05) is 7.11 Å². The number of nitrogens with zero attached hydrogens (tertiary/aromatic N) is 1. The molecule has 7 nitrogen and oxygen atoms in total. The lowest BCUT2D eigenvalue weighted by molar-refractivity contribution is 0.0812. The van der Waals surface area contributed by atoms with Crippen LogP contribution in [0.4, 0.5) is 4.79 Å². The van der Waals surface area contributed by atoms with Gasteiger partial charge in [0, 0.05) is 33.9 Å². The largest absolute Gasteiger partial charge is 0.507 e. The van der Waals surface area contributed by atoms with Crippen LogP contribution < -0.4 is 5.63 Å². The number of aliphatic imine (C=N–C) groups is 1. The predicted octanol–water partition coefficient (Wildman–Crippen LogP) is 6.72. The van der Waals surface area contributed by atoms with Crippen LogP contribution >= 0.6 is 11.3 Å². The number of ketones is 1. The van der Waals surface area contributed by atoms with E-state index in [4.69, 9.17) is 4.42 Å². The third kappa shape index (κ3) is 8.01. The van der Waals surface area contributed by atoms with Gasteiger partial charge in [-0.3, -0.25) is 4.79 Å². The average molecular weight is 516 g/mol. The molecule has 2 heterocycles. The monoisotopic (exact) mass is 515 g/mol. The maximum absolute atomic E-state index is 13.3. The van der Waals surface area contributed by atoms with Gasteiger partial charge in [0.25, 0.3) is 0 Å². The molecule has 8 heteroatoms. The Bertz CT molecular complexity index is 1140. The molecule has 0 saturated carbocycles. The molecule has 1 amide bonds. The molecule has 2 aromatic heterocycles. The molecule has 0 spiro atoms. The number of allylic oxidation sites excluding steroid dienone is 1. The molecule has 2 rings (SSSR count). The third-order valence-corrected chi connectivity index (χ3v) is 7.68. The molecule has 0 fully saturated rings. The molecule has 0 saturated heterocycles. The van der Waals surface area contributed by atoms with Gasteiger partial charge in [0.05, 0.1) is 7.11 Å². The quantitative estimate of drug-likeness (QED) is 0.137. The van der Waals surface area contributed by atoms with Crippen LogP contribution in [0.25, 0.3) is 0 Å². The summed E-state index contributed by atoms with van der Waals surface area (Å²) in [5, 5.41) is 10.6. The Morgan fingerprint density at radius 2 is 1.94 bits per heavy atom. The zero-order valence-electron chi connectivity index (χ0n) is 21.8. The van der Waals surface area contributed by atoms with E-state index in [1.807, 2.05) is 26.8 Å². The number of methoxy groups -OCH3 is 1. The van der Waals surface area contributed by atoms with Gasteiger partial charge in [-0.1, -0.05) is 33.8 Å². The normalized spacial score (nSPS) is 13.5. The SMILES string of the molecule is C=CCCc1ccc(CC(C)(C)C(C)C(=O)c2c(O)cc(C(C)CCCC=NC(=O)OC)oc2=O)s1. The van der Waals surface area contributed by atoms with Gasteiger partial charge < -0.3 is 14.3 Å². The Morgan fingerprint density at radius 3 is 2.58 bits per heavy atom. The fourth-order valence-electron chi connectivity index (χ4n) is 3.89. The van der Waals surface area contributed by atoms with E-state index in [9.17, 15) is 19.5 Å². The minimum absolute atomic E-state index is 0.165. The molecular weight excluding hydrogens is 478 g/mol. The van der Waals surface area contributed by atoms with Crippen LogP contribution in [0.15, 0.2) is 45.1 Å². The van der Waals surface area contributed by atoms with Crippen molar-refractivity contribution in [3.05, 3.63) is 62.4 Å². The van der Waals surface area contributed by atoms with Gasteiger partial charge in [0.1, 0.15) is 17.1 Å². The highest BCUT2D eigenvalue weighted by molar-refractivity contribution is 7.12. The molecule has 1 N–H and O–H groups in total. The number of unbranched alkanes of at least 4 members (excludes halogenated alkanes) is 1. The first-order valence-corrected chi connectivity index (χ1v) is 13.0. The molecule has 0 aliphatic carbocycles. The van der Waals surface area contributed by atoms with Crippen LogP contribution in [0, 0.1) is 11.3 Å². The van der Waals surface area contributed by atoms with Gasteiger partial charge >= 0.3 is 11.7 Å². The summed E-state index contributed by atoms with van der Waals surface area (Å²) >= 11 is 1.73. The molecule has 0 bridgehead atoms. The van der Waals surface area contributed by atoms with Crippen molar-refractivity contribution in [2.24, 2.45) is 16.3 Å². The van der Waals surface area contributed by atoms with Crippen molar-refractivity contribution in [1.29, 1.82) is 0 Å². The lowest BCUT2D eigenvalue weighted by atomic mass is 9.73. The third-order valence-electron chi connectivity index (χ3n) is 6.53. The number of ether oxygens (including phenoxy) is 1. The Kier molecular flexibility index (Phi) is 10.8. The van der Waals surface area contributed by atoms with E-state index in [1.54, 1.807) is 18.3 Å². The number of carbonyl (C=O) groups excluding carboxylic acids is 2. The predicted molar refractivity (Wildman–Crippen MR) is 144 cm³/mol. The zero-order chi connectivity index (χ0) is 26.9. The maximum Gasteiger partial charge on any atom is 0.432 e. The minimum atomic E-state index is -0.820. The summed E-state index contributed by atoms with van der Waals surface area (Å²) in [6.07, 6.45) is 7.16.